The summed E-state index contributed by atoms with van der Waals surface area (Å²) in [6.07, 6.45) is 2.89. The molecule has 5 aromatic carbocycles. The van der Waals surface area contributed by atoms with E-state index < -0.39 is 45.2 Å². The summed E-state index contributed by atoms with van der Waals surface area (Å²) in [4.78, 5) is 0. The summed E-state index contributed by atoms with van der Waals surface area (Å²) in [6.45, 7) is 16.5. The van der Waals surface area contributed by atoms with Crippen LogP contribution in [0.2, 0.25) is 0 Å². The SMILES string of the molecule is CCc1ccc2c(c1)C(C)(C)c1cc(CC)cc(-c3c(F)c(F)c(-c4cc(CC)cc5c4-c4ccc(CC)cc4C5(C)C)c(F)c3F)c1-2. The molecule has 0 fully saturated rings. The number of halogens is 4. The molecule has 5 aromatic rings. The molecule has 246 valence electrons. The Morgan fingerprint density at radius 3 is 1.00 bits per heavy atom. The van der Waals surface area contributed by atoms with Gasteiger partial charge in [0.2, 0.25) is 0 Å². The molecule has 0 nitrogen and oxygen atoms in total. The van der Waals surface area contributed by atoms with Gasteiger partial charge >= 0.3 is 0 Å². The zero-order chi connectivity index (χ0) is 34.4. The molecule has 0 spiro atoms. The minimum Gasteiger partial charge on any atom is -0.203 e. The van der Waals surface area contributed by atoms with Gasteiger partial charge in [-0.3, -0.25) is 0 Å². The van der Waals surface area contributed by atoms with Crippen LogP contribution in [0, 0.1) is 23.3 Å². The molecule has 0 aliphatic heterocycles. The van der Waals surface area contributed by atoms with Crippen molar-refractivity contribution in [3.63, 3.8) is 0 Å². The van der Waals surface area contributed by atoms with Crippen LogP contribution in [0.1, 0.15) is 99.9 Å². The van der Waals surface area contributed by atoms with Crippen LogP contribution >= 0.6 is 0 Å². The fourth-order valence-electron chi connectivity index (χ4n) is 8.26. The third-order valence-corrected chi connectivity index (χ3v) is 11.2. The monoisotopic (exact) mass is 646 g/mol. The fraction of sp³-hybridized carbons (Fsp3) is 0.318. The van der Waals surface area contributed by atoms with Gasteiger partial charge in [0.15, 0.2) is 23.3 Å². The molecule has 0 bridgehead atoms. The summed E-state index contributed by atoms with van der Waals surface area (Å²) in [5, 5.41) is 0. The van der Waals surface area contributed by atoms with E-state index in [1.54, 1.807) is 12.1 Å². The molecular weight excluding hydrogens is 604 g/mol. The van der Waals surface area contributed by atoms with Crippen LogP contribution in [0.4, 0.5) is 17.6 Å². The number of benzene rings is 5. The molecule has 48 heavy (non-hydrogen) atoms. The van der Waals surface area contributed by atoms with Crippen LogP contribution in [0.25, 0.3) is 44.5 Å². The molecule has 0 saturated heterocycles. The van der Waals surface area contributed by atoms with Gasteiger partial charge in [-0.05, 0) is 104 Å². The van der Waals surface area contributed by atoms with E-state index >= 15 is 17.6 Å². The molecule has 0 saturated carbocycles. The Hall–Kier alpha value is -4.18. The van der Waals surface area contributed by atoms with E-state index in [1.165, 1.54) is 0 Å². The van der Waals surface area contributed by atoms with Gasteiger partial charge < -0.3 is 0 Å². The lowest BCUT2D eigenvalue weighted by molar-refractivity contribution is 0.463. The van der Waals surface area contributed by atoms with Crippen LogP contribution in [0.5, 0.6) is 0 Å². The lowest BCUT2D eigenvalue weighted by Gasteiger charge is -2.24. The van der Waals surface area contributed by atoms with Gasteiger partial charge in [0.25, 0.3) is 0 Å². The zero-order valence-corrected chi connectivity index (χ0v) is 29.1. The summed E-state index contributed by atoms with van der Waals surface area (Å²) >= 11 is 0. The molecule has 0 unspecified atom stereocenters. The molecule has 2 aliphatic carbocycles. The maximum absolute atomic E-state index is 16.8. The van der Waals surface area contributed by atoms with Crippen molar-refractivity contribution in [1.29, 1.82) is 0 Å². The van der Waals surface area contributed by atoms with Gasteiger partial charge in [-0.1, -0.05) is 116 Å². The lowest BCUT2D eigenvalue weighted by Crippen LogP contribution is -2.16. The normalized spacial score (nSPS) is 14.9. The van der Waals surface area contributed by atoms with Crippen LogP contribution < -0.4 is 0 Å². The van der Waals surface area contributed by atoms with Crippen molar-refractivity contribution in [3.05, 3.63) is 128 Å². The van der Waals surface area contributed by atoms with E-state index in [4.69, 9.17) is 0 Å². The highest BCUT2D eigenvalue weighted by Crippen LogP contribution is 2.56. The van der Waals surface area contributed by atoms with Gasteiger partial charge in [0, 0.05) is 10.8 Å². The quantitative estimate of drug-likeness (QED) is 0.127. The van der Waals surface area contributed by atoms with E-state index in [-0.39, 0.29) is 11.1 Å². The van der Waals surface area contributed by atoms with Gasteiger partial charge in [0.1, 0.15) is 0 Å². The highest BCUT2D eigenvalue weighted by atomic mass is 19.2. The average Bonchev–Trinajstić information content (AvgIpc) is 3.45. The Morgan fingerprint density at radius 2 is 0.688 bits per heavy atom. The van der Waals surface area contributed by atoms with Gasteiger partial charge in [-0.25, -0.2) is 17.6 Å². The first-order valence-corrected chi connectivity index (χ1v) is 17.3. The summed E-state index contributed by atoms with van der Waals surface area (Å²) < 4.78 is 67.1. The van der Waals surface area contributed by atoms with Gasteiger partial charge in [-0.15, -0.1) is 0 Å². The zero-order valence-electron chi connectivity index (χ0n) is 29.1. The van der Waals surface area contributed by atoms with E-state index in [1.807, 2.05) is 38.1 Å². The summed E-state index contributed by atoms with van der Waals surface area (Å²) in [7, 11) is 0. The second kappa shape index (κ2) is 11.2. The average molecular weight is 647 g/mol. The molecule has 0 aromatic heterocycles. The van der Waals surface area contributed by atoms with Crippen LogP contribution in [0.15, 0.2) is 60.7 Å². The van der Waals surface area contributed by atoms with Crippen LogP contribution in [-0.4, -0.2) is 0 Å². The topological polar surface area (TPSA) is 0 Å². The highest BCUT2D eigenvalue weighted by Gasteiger charge is 2.41. The first-order chi connectivity index (χ1) is 22.8. The predicted molar refractivity (Wildman–Crippen MR) is 190 cm³/mol. The van der Waals surface area contributed by atoms with Crippen molar-refractivity contribution in [2.45, 2.75) is 91.9 Å². The fourth-order valence-corrected chi connectivity index (χ4v) is 8.26. The van der Waals surface area contributed by atoms with Crippen molar-refractivity contribution in [1.82, 2.24) is 0 Å². The minimum absolute atomic E-state index is 0.186. The number of hydrogen-bond acceptors (Lipinski definition) is 0. The smallest absolute Gasteiger partial charge is 0.170 e. The standard InChI is InChI=1S/C44H42F4/c1-9-23-13-15-27-31(19-23)43(5,6)33-21-25(11-3)17-29(35(27)33)37-39(45)41(47)38(42(48)40(37)46)30-18-26(12-4)22-34-36(30)28-16-14-24(10-2)20-32(28)44(34,7)8/h13-22H,9-12H2,1-8H3. The first kappa shape index (κ1) is 32.4. The van der Waals surface area contributed by atoms with Crippen LogP contribution in [-0.2, 0) is 36.5 Å². The summed E-state index contributed by atoms with van der Waals surface area (Å²) in [5.41, 5.74) is 9.01. The third-order valence-electron chi connectivity index (χ3n) is 11.2. The number of fused-ring (bicyclic) bond motifs is 6. The largest absolute Gasteiger partial charge is 0.203 e. The minimum atomic E-state index is -1.37. The van der Waals surface area contributed by atoms with Crippen molar-refractivity contribution >= 4 is 0 Å². The number of rotatable bonds is 6. The van der Waals surface area contributed by atoms with Crippen molar-refractivity contribution in [3.8, 4) is 44.5 Å². The lowest BCUT2D eigenvalue weighted by atomic mass is 9.80. The van der Waals surface area contributed by atoms with Gasteiger partial charge in [-0.2, -0.15) is 0 Å². The Labute approximate surface area is 281 Å². The van der Waals surface area contributed by atoms with E-state index in [0.29, 0.717) is 24.0 Å². The summed E-state index contributed by atoms with van der Waals surface area (Å²) in [6, 6.07) is 19.8. The van der Waals surface area contributed by atoms with E-state index in [0.717, 1.165) is 68.5 Å². The Bertz CT molecular complexity index is 1980. The van der Waals surface area contributed by atoms with E-state index in [2.05, 4.69) is 65.8 Å². The second-order valence-electron chi connectivity index (χ2n) is 14.6. The molecule has 7 rings (SSSR count). The second-order valence-corrected chi connectivity index (χ2v) is 14.6. The van der Waals surface area contributed by atoms with Gasteiger partial charge in [0.05, 0.1) is 11.1 Å². The molecule has 0 N–H and O–H groups in total. The molecule has 2 aliphatic rings. The van der Waals surface area contributed by atoms with E-state index in [9.17, 15) is 0 Å². The van der Waals surface area contributed by atoms with Crippen molar-refractivity contribution in [2.75, 3.05) is 0 Å². The third kappa shape index (κ3) is 4.40. The predicted octanol–water partition coefficient (Wildman–Crippen LogP) is 12.4. The maximum atomic E-state index is 16.8. The molecule has 0 amide bonds. The summed E-state index contributed by atoms with van der Waals surface area (Å²) in [5.74, 6) is -5.48. The number of hydrogen-bond donors (Lipinski definition) is 0. The first-order valence-electron chi connectivity index (χ1n) is 17.3. The highest BCUT2D eigenvalue weighted by molar-refractivity contribution is 5.96. The Kier molecular flexibility index (Phi) is 7.54. The molecule has 0 atom stereocenters. The van der Waals surface area contributed by atoms with Crippen molar-refractivity contribution in [2.24, 2.45) is 0 Å². The van der Waals surface area contributed by atoms with Crippen molar-refractivity contribution < 1.29 is 17.6 Å². The molecule has 0 radical (unpaired) electrons. The molecule has 0 heterocycles. The molecular formula is C44H42F4. The molecule has 4 heteroatoms. The number of aryl methyl sites for hydroxylation is 4. The maximum Gasteiger partial charge on any atom is 0.170 e. The Morgan fingerprint density at radius 1 is 0.375 bits per heavy atom. The van der Waals surface area contributed by atoms with Crippen LogP contribution in [0.3, 0.4) is 0 Å². The Balaban J connectivity index is 1.53.